The van der Waals surface area contributed by atoms with E-state index < -0.39 is 0 Å². The predicted molar refractivity (Wildman–Crippen MR) is 118 cm³/mol. The number of rotatable bonds is 1. The summed E-state index contributed by atoms with van der Waals surface area (Å²) in [5, 5.41) is 0. The van der Waals surface area contributed by atoms with Crippen molar-refractivity contribution in [1.29, 1.82) is 0 Å². The van der Waals surface area contributed by atoms with Gasteiger partial charge in [-0.1, -0.05) is 84.0 Å². The average molecular weight is 357 g/mol. The molecule has 0 fully saturated rings. The van der Waals surface area contributed by atoms with Gasteiger partial charge in [-0.3, -0.25) is 0 Å². The monoisotopic (exact) mass is 356 g/mol. The summed E-state index contributed by atoms with van der Waals surface area (Å²) in [5.41, 5.74) is 13.7. The maximum atomic E-state index is 2.45. The number of hydrogen-bond acceptors (Lipinski definition) is 0. The Morgan fingerprint density at radius 1 is 0.815 bits per heavy atom. The van der Waals surface area contributed by atoms with Crippen LogP contribution in [0.3, 0.4) is 0 Å². The highest BCUT2D eigenvalue weighted by Crippen LogP contribution is 2.47. The molecular weight excluding hydrogens is 324 g/mol. The van der Waals surface area contributed by atoms with Crippen LogP contribution in [-0.4, -0.2) is 0 Å². The predicted octanol–water partition coefficient (Wildman–Crippen LogP) is 7.59. The molecule has 0 heteroatoms. The van der Waals surface area contributed by atoms with E-state index in [0.29, 0.717) is 0 Å². The van der Waals surface area contributed by atoms with E-state index >= 15 is 0 Å². The average Bonchev–Trinajstić information content (AvgIpc) is 3.14. The first-order chi connectivity index (χ1) is 12.6. The Balaban J connectivity index is 1.93. The van der Waals surface area contributed by atoms with Crippen LogP contribution in [0.2, 0.25) is 0 Å². The van der Waals surface area contributed by atoms with Crippen molar-refractivity contribution in [3.63, 3.8) is 0 Å². The summed E-state index contributed by atoms with van der Waals surface area (Å²) in [4.78, 5) is 0. The number of hydrogen-bond donors (Lipinski definition) is 0. The molecule has 0 saturated heterocycles. The van der Waals surface area contributed by atoms with Gasteiger partial charge < -0.3 is 0 Å². The van der Waals surface area contributed by atoms with Crippen molar-refractivity contribution in [3.05, 3.63) is 75.9 Å². The van der Waals surface area contributed by atoms with Crippen molar-refractivity contribution in [2.75, 3.05) is 0 Å². The fourth-order valence-corrected chi connectivity index (χ4v) is 4.63. The minimum atomic E-state index is 0.144. The molecule has 0 amide bonds. The van der Waals surface area contributed by atoms with Gasteiger partial charge in [-0.25, -0.2) is 0 Å². The zero-order chi connectivity index (χ0) is 19.6. The van der Waals surface area contributed by atoms with Gasteiger partial charge in [0.05, 0.1) is 0 Å². The molecule has 140 valence electrons. The largest absolute Gasteiger partial charge is 0.0798 e. The van der Waals surface area contributed by atoms with Gasteiger partial charge >= 0.3 is 0 Å². The van der Waals surface area contributed by atoms with Gasteiger partial charge in [-0.05, 0) is 80.7 Å². The third-order valence-corrected chi connectivity index (χ3v) is 6.22. The molecule has 0 nitrogen and oxygen atoms in total. The second-order valence-electron chi connectivity index (χ2n) is 10.3. The highest BCUT2D eigenvalue weighted by molar-refractivity contribution is 5.87. The Morgan fingerprint density at radius 3 is 2.11 bits per heavy atom. The second-order valence-corrected chi connectivity index (χ2v) is 10.3. The second kappa shape index (κ2) is 5.96. The summed E-state index contributed by atoms with van der Waals surface area (Å²) < 4.78 is 0. The van der Waals surface area contributed by atoms with Crippen LogP contribution >= 0.6 is 0 Å². The van der Waals surface area contributed by atoms with Gasteiger partial charge in [0.25, 0.3) is 0 Å². The van der Waals surface area contributed by atoms with Crippen molar-refractivity contribution < 1.29 is 0 Å². The smallest absolute Gasteiger partial charge is 0.000719 e. The van der Waals surface area contributed by atoms with Crippen molar-refractivity contribution in [2.45, 2.75) is 72.1 Å². The maximum absolute atomic E-state index is 2.45. The number of benzene rings is 2. The van der Waals surface area contributed by atoms with Gasteiger partial charge in [-0.15, -0.1) is 0 Å². The molecule has 0 unspecified atom stereocenters. The maximum Gasteiger partial charge on any atom is -0.000719 e. The molecule has 0 bridgehead atoms. The molecule has 2 aromatic carbocycles. The quantitative estimate of drug-likeness (QED) is 0.421. The SMILES string of the molecule is CC1=C(c2c(C(C)(C)C)ccc3c2Cc2cc(C(C)(C)C)ccc2-3)CC=C1. The Labute approximate surface area is 165 Å². The van der Waals surface area contributed by atoms with E-state index in [4.69, 9.17) is 0 Å². The highest BCUT2D eigenvalue weighted by Gasteiger charge is 2.30. The van der Waals surface area contributed by atoms with Crippen LogP contribution in [0.1, 0.15) is 82.7 Å². The molecule has 2 aliphatic rings. The van der Waals surface area contributed by atoms with Crippen LogP contribution in [0.4, 0.5) is 0 Å². The van der Waals surface area contributed by atoms with Crippen molar-refractivity contribution in [1.82, 2.24) is 0 Å². The van der Waals surface area contributed by atoms with Crippen LogP contribution in [0.25, 0.3) is 16.7 Å². The molecule has 2 aromatic rings. The molecule has 0 spiro atoms. The summed E-state index contributed by atoms with van der Waals surface area (Å²) in [5.74, 6) is 0. The first-order valence-electron chi connectivity index (χ1n) is 10.2. The molecule has 0 radical (unpaired) electrons. The summed E-state index contributed by atoms with van der Waals surface area (Å²) in [6, 6.07) is 11.9. The Morgan fingerprint density at radius 2 is 1.52 bits per heavy atom. The van der Waals surface area contributed by atoms with Gasteiger partial charge in [0, 0.05) is 0 Å². The topological polar surface area (TPSA) is 0 Å². The fraction of sp³-hybridized carbons (Fsp3) is 0.407. The Hall–Kier alpha value is -2.08. The summed E-state index contributed by atoms with van der Waals surface area (Å²) in [6.45, 7) is 16.2. The summed E-state index contributed by atoms with van der Waals surface area (Å²) in [7, 11) is 0. The molecule has 0 N–H and O–H groups in total. The molecule has 0 saturated carbocycles. The van der Waals surface area contributed by atoms with Crippen LogP contribution in [-0.2, 0) is 17.3 Å². The third kappa shape index (κ3) is 3.00. The zero-order valence-corrected chi connectivity index (χ0v) is 18.0. The Bertz CT molecular complexity index is 982. The van der Waals surface area contributed by atoms with E-state index in [2.05, 4.69) is 91.0 Å². The van der Waals surface area contributed by atoms with E-state index in [-0.39, 0.29) is 10.8 Å². The van der Waals surface area contributed by atoms with E-state index in [9.17, 15) is 0 Å². The number of allylic oxidation sites excluding steroid dienone is 4. The van der Waals surface area contributed by atoms with E-state index in [1.54, 1.807) is 5.56 Å². The minimum Gasteiger partial charge on any atom is -0.0798 e. The molecule has 4 rings (SSSR count). The summed E-state index contributed by atoms with van der Waals surface area (Å²) in [6.07, 6.45) is 6.73. The molecule has 2 aliphatic carbocycles. The fourth-order valence-electron chi connectivity index (χ4n) is 4.63. The van der Waals surface area contributed by atoms with Gasteiger partial charge in [-0.2, -0.15) is 0 Å². The molecule has 0 atom stereocenters. The highest BCUT2D eigenvalue weighted by atomic mass is 14.3. The molecule has 0 aliphatic heterocycles. The zero-order valence-electron chi connectivity index (χ0n) is 18.0. The van der Waals surface area contributed by atoms with Crippen molar-refractivity contribution in [3.8, 4) is 11.1 Å². The molecule has 27 heavy (non-hydrogen) atoms. The lowest BCUT2D eigenvalue weighted by atomic mass is 9.78. The first kappa shape index (κ1) is 18.3. The standard InChI is InChI=1S/C27H32/c1-17-9-8-10-20(17)25-23-16-18-15-19(26(2,3)4)11-12-21(18)22(23)13-14-24(25)27(5,6)7/h8-9,11-15H,10,16H2,1-7H3. The van der Waals surface area contributed by atoms with Gasteiger partial charge in [0.1, 0.15) is 0 Å². The normalized spacial score (nSPS) is 16.1. The molecule has 0 aromatic heterocycles. The summed E-state index contributed by atoms with van der Waals surface area (Å²) >= 11 is 0. The van der Waals surface area contributed by atoms with Crippen LogP contribution in [0.15, 0.2) is 48.1 Å². The van der Waals surface area contributed by atoms with Gasteiger partial charge in [0.2, 0.25) is 0 Å². The van der Waals surface area contributed by atoms with E-state index in [1.165, 1.54) is 44.5 Å². The van der Waals surface area contributed by atoms with E-state index in [0.717, 1.165) is 12.8 Å². The molecule has 0 heterocycles. The molecular formula is C27H32. The lowest BCUT2D eigenvalue weighted by molar-refractivity contribution is 0.587. The lowest BCUT2D eigenvalue weighted by Crippen LogP contribution is -2.15. The van der Waals surface area contributed by atoms with Crippen LogP contribution in [0.5, 0.6) is 0 Å². The van der Waals surface area contributed by atoms with Gasteiger partial charge in [0.15, 0.2) is 0 Å². The Kier molecular flexibility index (Phi) is 4.04. The van der Waals surface area contributed by atoms with Crippen molar-refractivity contribution >= 4 is 5.57 Å². The lowest BCUT2D eigenvalue weighted by Gasteiger charge is -2.26. The van der Waals surface area contributed by atoms with Crippen LogP contribution < -0.4 is 0 Å². The van der Waals surface area contributed by atoms with E-state index in [1.807, 2.05) is 0 Å². The third-order valence-electron chi connectivity index (χ3n) is 6.22. The van der Waals surface area contributed by atoms with Crippen molar-refractivity contribution in [2.24, 2.45) is 0 Å². The first-order valence-corrected chi connectivity index (χ1v) is 10.2. The minimum absolute atomic E-state index is 0.144. The number of fused-ring (bicyclic) bond motifs is 3. The van der Waals surface area contributed by atoms with Crippen LogP contribution in [0, 0.1) is 0 Å².